The van der Waals surface area contributed by atoms with Crippen LogP contribution < -0.4 is 4.74 Å². The van der Waals surface area contributed by atoms with Gasteiger partial charge in [-0.15, -0.1) is 0 Å². The highest BCUT2D eigenvalue weighted by atomic mass is 16.5. The maximum Gasteiger partial charge on any atom is 0.164 e. The average molecular weight is 806 g/mol. The summed E-state index contributed by atoms with van der Waals surface area (Å²) in [5, 5.41) is 1.96. The fourth-order valence-electron chi connectivity index (χ4n) is 10.0. The molecule has 2 aliphatic rings. The first kappa shape index (κ1) is 35.4. The number of aromatic nitrogens is 3. The number of benzene rings is 9. The van der Waals surface area contributed by atoms with Gasteiger partial charge in [0, 0.05) is 38.6 Å². The second-order valence-corrected chi connectivity index (χ2v) is 16.3. The molecule has 13 rings (SSSR count). The van der Waals surface area contributed by atoms with E-state index in [-0.39, 0.29) is 0 Å². The molecular formula is C58H35N3O2. The van der Waals surface area contributed by atoms with Crippen LogP contribution in [-0.4, -0.2) is 15.0 Å². The Morgan fingerprint density at radius 2 is 0.810 bits per heavy atom. The van der Waals surface area contributed by atoms with Gasteiger partial charge in [-0.2, -0.15) is 0 Å². The summed E-state index contributed by atoms with van der Waals surface area (Å²) in [7, 11) is 0. The SMILES string of the molecule is c1ccc(-c2cccc(-c3nc(-c4cccc(-c5ccccc5)c4)nc(-c4cccc5oc6cc7c(cc6c45)-c4ccccc4C74c5ccccc5Oc5ccccc54)n3)c2)cc1. The molecule has 0 saturated heterocycles. The minimum atomic E-state index is -0.603. The predicted octanol–water partition coefficient (Wildman–Crippen LogP) is 14.6. The largest absolute Gasteiger partial charge is 0.457 e. The van der Waals surface area contributed by atoms with E-state index in [2.05, 4.69) is 176 Å². The van der Waals surface area contributed by atoms with E-state index >= 15 is 0 Å². The van der Waals surface area contributed by atoms with Crippen LogP contribution in [0.2, 0.25) is 0 Å². The molecule has 0 bridgehead atoms. The van der Waals surface area contributed by atoms with Crippen LogP contribution in [0.3, 0.4) is 0 Å². The van der Waals surface area contributed by atoms with Crippen LogP contribution in [0.4, 0.5) is 0 Å². The van der Waals surface area contributed by atoms with Crippen LogP contribution >= 0.6 is 0 Å². The second kappa shape index (κ2) is 13.8. The topological polar surface area (TPSA) is 61.0 Å². The summed E-state index contributed by atoms with van der Waals surface area (Å²) in [6.07, 6.45) is 0. The van der Waals surface area contributed by atoms with Gasteiger partial charge in [0.2, 0.25) is 0 Å². The fraction of sp³-hybridized carbons (Fsp3) is 0.0172. The lowest BCUT2D eigenvalue weighted by Gasteiger charge is -2.39. The monoisotopic (exact) mass is 805 g/mol. The van der Waals surface area contributed by atoms with E-state index in [0.29, 0.717) is 17.5 Å². The molecule has 0 fully saturated rings. The van der Waals surface area contributed by atoms with Crippen molar-refractivity contribution in [2.75, 3.05) is 0 Å². The first-order valence-corrected chi connectivity index (χ1v) is 21.3. The van der Waals surface area contributed by atoms with Crippen molar-refractivity contribution in [3.05, 3.63) is 235 Å². The van der Waals surface area contributed by atoms with Gasteiger partial charge in [0.1, 0.15) is 22.7 Å². The third-order valence-corrected chi connectivity index (χ3v) is 12.8. The second-order valence-electron chi connectivity index (χ2n) is 16.3. The molecule has 3 heterocycles. The standard InChI is InChI=1S/C58H35N3O2/c1-3-16-36(17-4-1)38-20-13-22-40(32-38)55-59-56(41-23-14-21-39(33-41)37-18-5-2-6-19-37)61-57(60-55)43-25-15-31-52-54(43)45-34-44-42-24-7-8-26-46(42)58(49(44)35-53(45)63-52)47-27-9-11-29-50(47)62-51-30-12-10-28-48(51)58/h1-35H. The lowest BCUT2D eigenvalue weighted by atomic mass is 9.66. The average Bonchev–Trinajstić information content (AvgIpc) is 3.87. The highest BCUT2D eigenvalue weighted by Gasteiger charge is 2.51. The van der Waals surface area contributed by atoms with E-state index in [1.54, 1.807) is 0 Å². The molecule has 0 saturated carbocycles. The summed E-state index contributed by atoms with van der Waals surface area (Å²) in [5.74, 6) is 3.47. The van der Waals surface area contributed by atoms with E-state index in [4.69, 9.17) is 24.1 Å². The molecule has 1 aliphatic heterocycles. The number of hydrogen-bond donors (Lipinski definition) is 0. The highest BCUT2D eigenvalue weighted by molar-refractivity contribution is 6.14. The summed E-state index contributed by atoms with van der Waals surface area (Å²) in [4.78, 5) is 15.8. The lowest BCUT2D eigenvalue weighted by molar-refractivity contribution is 0.436. The van der Waals surface area contributed by atoms with E-state index in [1.165, 1.54) is 16.7 Å². The first-order valence-electron chi connectivity index (χ1n) is 21.3. The molecule has 0 amide bonds. The summed E-state index contributed by atoms with van der Waals surface area (Å²) < 4.78 is 13.5. The number of fused-ring (bicyclic) bond motifs is 12. The molecule has 5 heteroatoms. The number of hydrogen-bond acceptors (Lipinski definition) is 5. The zero-order valence-electron chi connectivity index (χ0n) is 33.9. The van der Waals surface area contributed by atoms with Crippen molar-refractivity contribution in [2.24, 2.45) is 0 Å². The minimum Gasteiger partial charge on any atom is -0.457 e. The Kier molecular flexibility index (Phi) is 7.75. The quantitative estimate of drug-likeness (QED) is 0.173. The van der Waals surface area contributed by atoms with Gasteiger partial charge in [-0.3, -0.25) is 0 Å². The third-order valence-electron chi connectivity index (χ3n) is 12.8. The van der Waals surface area contributed by atoms with Gasteiger partial charge < -0.3 is 9.15 Å². The number of rotatable bonds is 5. The van der Waals surface area contributed by atoms with Crippen molar-refractivity contribution in [2.45, 2.75) is 5.41 Å². The molecule has 63 heavy (non-hydrogen) atoms. The molecule has 1 spiro atoms. The summed E-state index contributed by atoms with van der Waals surface area (Å²) in [5.41, 5.74) is 15.0. The van der Waals surface area contributed by atoms with Gasteiger partial charge in [0.05, 0.1) is 5.41 Å². The molecule has 11 aromatic rings. The zero-order chi connectivity index (χ0) is 41.5. The van der Waals surface area contributed by atoms with Gasteiger partial charge in [-0.05, 0) is 87.0 Å². The van der Waals surface area contributed by atoms with Crippen LogP contribution in [-0.2, 0) is 5.41 Å². The Hall–Kier alpha value is -8.41. The number of ether oxygens (including phenoxy) is 1. The number of nitrogens with zero attached hydrogens (tertiary/aromatic N) is 3. The van der Waals surface area contributed by atoms with Crippen LogP contribution in [0.15, 0.2) is 217 Å². The maximum atomic E-state index is 6.91. The number of para-hydroxylation sites is 2. The van der Waals surface area contributed by atoms with Crippen molar-refractivity contribution >= 4 is 21.9 Å². The predicted molar refractivity (Wildman–Crippen MR) is 252 cm³/mol. The lowest BCUT2D eigenvalue weighted by Crippen LogP contribution is -2.32. The molecule has 2 aromatic heterocycles. The molecule has 294 valence electrons. The summed E-state index contributed by atoms with van der Waals surface area (Å²) in [6, 6.07) is 74.1. The van der Waals surface area contributed by atoms with Crippen molar-refractivity contribution in [1.82, 2.24) is 15.0 Å². The fourth-order valence-corrected chi connectivity index (χ4v) is 10.0. The highest BCUT2D eigenvalue weighted by Crippen LogP contribution is 2.62. The molecule has 0 radical (unpaired) electrons. The van der Waals surface area contributed by atoms with Gasteiger partial charge in [-0.1, -0.05) is 170 Å². The Labute approximate surface area is 363 Å². The molecular weight excluding hydrogens is 771 g/mol. The van der Waals surface area contributed by atoms with Gasteiger partial charge in [0.25, 0.3) is 0 Å². The van der Waals surface area contributed by atoms with E-state index < -0.39 is 5.41 Å². The van der Waals surface area contributed by atoms with Gasteiger partial charge in [0.15, 0.2) is 17.5 Å². The van der Waals surface area contributed by atoms with Crippen molar-refractivity contribution in [3.8, 4) is 79.0 Å². The number of furan rings is 1. The molecule has 1 aliphatic carbocycles. The first-order chi connectivity index (χ1) is 31.2. The third kappa shape index (κ3) is 5.40. The summed E-state index contributed by atoms with van der Waals surface area (Å²) in [6.45, 7) is 0. The Morgan fingerprint density at radius 3 is 1.44 bits per heavy atom. The van der Waals surface area contributed by atoms with E-state index in [9.17, 15) is 0 Å². The Balaban J connectivity index is 1.05. The Bertz CT molecular complexity index is 3470. The van der Waals surface area contributed by atoms with Gasteiger partial charge >= 0.3 is 0 Å². The normalized spacial score (nSPS) is 13.0. The van der Waals surface area contributed by atoms with Gasteiger partial charge in [-0.25, -0.2) is 15.0 Å². The van der Waals surface area contributed by atoms with Crippen LogP contribution in [0.5, 0.6) is 11.5 Å². The zero-order valence-corrected chi connectivity index (χ0v) is 33.9. The summed E-state index contributed by atoms with van der Waals surface area (Å²) >= 11 is 0. The molecule has 0 atom stereocenters. The van der Waals surface area contributed by atoms with Crippen LogP contribution in [0.1, 0.15) is 22.3 Å². The maximum absolute atomic E-state index is 6.91. The Morgan fingerprint density at radius 1 is 0.317 bits per heavy atom. The minimum absolute atomic E-state index is 0.572. The van der Waals surface area contributed by atoms with Crippen LogP contribution in [0.25, 0.3) is 89.5 Å². The van der Waals surface area contributed by atoms with Crippen molar-refractivity contribution in [1.29, 1.82) is 0 Å². The van der Waals surface area contributed by atoms with Crippen LogP contribution in [0, 0.1) is 0 Å². The van der Waals surface area contributed by atoms with Crippen molar-refractivity contribution in [3.63, 3.8) is 0 Å². The smallest absolute Gasteiger partial charge is 0.164 e. The molecule has 5 nitrogen and oxygen atoms in total. The van der Waals surface area contributed by atoms with E-state index in [0.717, 1.165) is 89.1 Å². The molecule has 0 N–H and O–H groups in total. The molecule has 0 unspecified atom stereocenters. The molecule has 9 aromatic carbocycles. The van der Waals surface area contributed by atoms with Crippen molar-refractivity contribution < 1.29 is 9.15 Å². The van der Waals surface area contributed by atoms with E-state index in [1.807, 2.05) is 36.4 Å².